The van der Waals surface area contributed by atoms with Gasteiger partial charge in [0.2, 0.25) is 0 Å². The SMILES string of the molecule is CCCCCCCCNCC(C)(C)c1cccs1. The zero-order valence-electron chi connectivity index (χ0n) is 12.3. The largest absolute Gasteiger partial charge is 0.316 e. The molecule has 1 N–H and O–H groups in total. The summed E-state index contributed by atoms with van der Waals surface area (Å²) < 4.78 is 0. The molecule has 0 unspecified atom stereocenters. The molecule has 0 saturated carbocycles. The van der Waals surface area contributed by atoms with Crippen LogP contribution in [0.4, 0.5) is 0 Å². The van der Waals surface area contributed by atoms with Crippen molar-refractivity contribution in [2.45, 2.75) is 64.7 Å². The summed E-state index contributed by atoms with van der Waals surface area (Å²) in [4.78, 5) is 1.48. The summed E-state index contributed by atoms with van der Waals surface area (Å²) in [7, 11) is 0. The molecule has 1 aromatic heterocycles. The van der Waals surface area contributed by atoms with Gasteiger partial charge in [-0.2, -0.15) is 0 Å². The number of rotatable bonds is 10. The van der Waals surface area contributed by atoms with Crippen LogP contribution in [0.2, 0.25) is 0 Å². The predicted octanol–water partition coefficient (Wildman–Crippen LogP) is 4.98. The van der Waals surface area contributed by atoms with Crippen LogP contribution in [-0.2, 0) is 5.41 Å². The van der Waals surface area contributed by atoms with Gasteiger partial charge in [0.15, 0.2) is 0 Å². The molecule has 104 valence electrons. The van der Waals surface area contributed by atoms with E-state index in [-0.39, 0.29) is 5.41 Å². The topological polar surface area (TPSA) is 12.0 Å². The van der Waals surface area contributed by atoms with Crippen LogP contribution in [0.3, 0.4) is 0 Å². The second-order valence-electron chi connectivity index (χ2n) is 5.81. The minimum absolute atomic E-state index is 0.274. The van der Waals surface area contributed by atoms with Gasteiger partial charge in [0.25, 0.3) is 0 Å². The van der Waals surface area contributed by atoms with Crippen LogP contribution in [0.15, 0.2) is 17.5 Å². The normalized spacial score (nSPS) is 11.9. The van der Waals surface area contributed by atoms with Crippen molar-refractivity contribution >= 4 is 11.3 Å². The summed E-state index contributed by atoms with van der Waals surface area (Å²) in [5.74, 6) is 0. The van der Waals surface area contributed by atoms with Crippen LogP contribution in [0.1, 0.15) is 64.2 Å². The average molecular weight is 267 g/mol. The smallest absolute Gasteiger partial charge is 0.0115 e. The van der Waals surface area contributed by atoms with Gasteiger partial charge in [-0.25, -0.2) is 0 Å². The van der Waals surface area contributed by atoms with E-state index in [1.807, 2.05) is 11.3 Å². The molecule has 0 aromatic carbocycles. The highest BCUT2D eigenvalue weighted by molar-refractivity contribution is 7.10. The van der Waals surface area contributed by atoms with Gasteiger partial charge < -0.3 is 5.32 Å². The molecule has 0 fully saturated rings. The maximum absolute atomic E-state index is 3.61. The van der Waals surface area contributed by atoms with E-state index in [9.17, 15) is 0 Å². The fraction of sp³-hybridized carbons (Fsp3) is 0.750. The van der Waals surface area contributed by atoms with Crippen LogP contribution in [0.5, 0.6) is 0 Å². The van der Waals surface area contributed by atoms with Crippen molar-refractivity contribution < 1.29 is 0 Å². The van der Waals surface area contributed by atoms with E-state index in [1.165, 1.54) is 49.9 Å². The van der Waals surface area contributed by atoms with Crippen molar-refractivity contribution in [1.29, 1.82) is 0 Å². The first-order valence-electron chi connectivity index (χ1n) is 7.41. The Morgan fingerprint density at radius 1 is 1.11 bits per heavy atom. The van der Waals surface area contributed by atoms with Crippen LogP contribution < -0.4 is 5.32 Å². The zero-order valence-corrected chi connectivity index (χ0v) is 13.1. The van der Waals surface area contributed by atoms with Gasteiger partial charge >= 0.3 is 0 Å². The second kappa shape index (κ2) is 8.71. The molecule has 0 atom stereocenters. The molecule has 18 heavy (non-hydrogen) atoms. The number of unbranched alkanes of at least 4 members (excludes halogenated alkanes) is 5. The van der Waals surface area contributed by atoms with Crippen molar-refractivity contribution in [1.82, 2.24) is 5.32 Å². The third kappa shape index (κ3) is 6.01. The quantitative estimate of drug-likeness (QED) is 0.590. The Bertz CT molecular complexity index is 290. The molecule has 2 heteroatoms. The Kier molecular flexibility index (Phi) is 7.60. The monoisotopic (exact) mass is 267 g/mol. The molecule has 0 aliphatic heterocycles. The van der Waals surface area contributed by atoms with E-state index in [2.05, 4.69) is 43.6 Å². The Morgan fingerprint density at radius 2 is 1.83 bits per heavy atom. The molecule has 1 heterocycles. The van der Waals surface area contributed by atoms with Gasteiger partial charge in [0.1, 0.15) is 0 Å². The van der Waals surface area contributed by atoms with Gasteiger partial charge in [0, 0.05) is 16.8 Å². The summed E-state index contributed by atoms with van der Waals surface area (Å²) in [6, 6.07) is 4.40. The maximum atomic E-state index is 3.61. The van der Waals surface area contributed by atoms with Gasteiger partial charge in [0.05, 0.1) is 0 Å². The van der Waals surface area contributed by atoms with Crippen LogP contribution in [0.25, 0.3) is 0 Å². The summed E-state index contributed by atoms with van der Waals surface area (Å²) in [5.41, 5.74) is 0.274. The Balaban J connectivity index is 2.04. The van der Waals surface area contributed by atoms with E-state index in [0.717, 1.165) is 6.54 Å². The Morgan fingerprint density at radius 3 is 2.50 bits per heavy atom. The van der Waals surface area contributed by atoms with Crippen molar-refractivity contribution in [3.8, 4) is 0 Å². The van der Waals surface area contributed by atoms with Crippen molar-refractivity contribution in [2.75, 3.05) is 13.1 Å². The van der Waals surface area contributed by atoms with E-state index < -0.39 is 0 Å². The molecule has 1 aromatic rings. The first-order valence-corrected chi connectivity index (χ1v) is 8.29. The Labute approximate surface area is 117 Å². The number of thiophene rings is 1. The van der Waals surface area contributed by atoms with Gasteiger partial charge in [-0.1, -0.05) is 58.9 Å². The second-order valence-corrected chi connectivity index (χ2v) is 6.75. The third-order valence-electron chi connectivity index (χ3n) is 3.46. The van der Waals surface area contributed by atoms with Gasteiger partial charge in [-0.3, -0.25) is 0 Å². The van der Waals surface area contributed by atoms with Crippen LogP contribution in [-0.4, -0.2) is 13.1 Å². The van der Waals surface area contributed by atoms with Crippen molar-refractivity contribution in [3.63, 3.8) is 0 Å². The molecule has 0 aliphatic rings. The molecule has 0 radical (unpaired) electrons. The summed E-state index contributed by atoms with van der Waals surface area (Å²) in [6.45, 7) is 9.18. The lowest BCUT2D eigenvalue weighted by Gasteiger charge is -2.23. The van der Waals surface area contributed by atoms with Gasteiger partial charge in [-0.15, -0.1) is 11.3 Å². The summed E-state index contributed by atoms with van der Waals surface area (Å²) in [6.07, 6.45) is 8.27. The number of nitrogens with one attached hydrogen (secondary N) is 1. The molecule has 0 spiro atoms. The minimum atomic E-state index is 0.274. The summed E-state index contributed by atoms with van der Waals surface area (Å²) >= 11 is 1.87. The third-order valence-corrected chi connectivity index (χ3v) is 4.70. The molecule has 1 rings (SSSR count). The van der Waals surface area contributed by atoms with E-state index >= 15 is 0 Å². The average Bonchev–Trinajstić information content (AvgIpc) is 2.87. The Hall–Kier alpha value is -0.340. The number of hydrogen-bond donors (Lipinski definition) is 1. The lowest BCUT2D eigenvalue weighted by Crippen LogP contribution is -2.32. The zero-order chi connectivity index (χ0) is 13.3. The van der Waals surface area contributed by atoms with Crippen molar-refractivity contribution in [3.05, 3.63) is 22.4 Å². The number of hydrogen-bond acceptors (Lipinski definition) is 2. The molecular weight excluding hydrogens is 238 g/mol. The highest BCUT2D eigenvalue weighted by atomic mass is 32.1. The molecular formula is C16H29NS. The lowest BCUT2D eigenvalue weighted by molar-refractivity contribution is 0.466. The molecule has 0 saturated heterocycles. The first kappa shape index (κ1) is 15.7. The predicted molar refractivity (Wildman–Crippen MR) is 83.6 cm³/mol. The molecule has 0 aliphatic carbocycles. The maximum Gasteiger partial charge on any atom is 0.0115 e. The van der Waals surface area contributed by atoms with E-state index in [1.54, 1.807) is 0 Å². The molecule has 1 nitrogen and oxygen atoms in total. The van der Waals surface area contributed by atoms with Crippen LogP contribution in [0, 0.1) is 0 Å². The first-order chi connectivity index (χ1) is 8.67. The summed E-state index contributed by atoms with van der Waals surface area (Å²) in [5, 5.41) is 5.78. The molecule has 0 amide bonds. The van der Waals surface area contributed by atoms with E-state index in [4.69, 9.17) is 0 Å². The highest BCUT2D eigenvalue weighted by Gasteiger charge is 2.20. The van der Waals surface area contributed by atoms with Crippen molar-refractivity contribution in [2.24, 2.45) is 0 Å². The fourth-order valence-corrected chi connectivity index (χ4v) is 3.03. The van der Waals surface area contributed by atoms with E-state index in [0.29, 0.717) is 0 Å². The molecule has 0 bridgehead atoms. The van der Waals surface area contributed by atoms with Crippen LogP contribution >= 0.6 is 11.3 Å². The lowest BCUT2D eigenvalue weighted by atomic mass is 9.91. The standard InChI is InChI=1S/C16H29NS/c1-4-5-6-7-8-9-12-17-14-16(2,3)15-11-10-13-18-15/h10-11,13,17H,4-9,12,14H2,1-3H3. The van der Waals surface area contributed by atoms with Gasteiger partial charge in [-0.05, 0) is 24.4 Å². The highest BCUT2D eigenvalue weighted by Crippen LogP contribution is 2.26. The minimum Gasteiger partial charge on any atom is -0.316 e. The fourth-order valence-electron chi connectivity index (χ4n) is 2.18.